The van der Waals surface area contributed by atoms with E-state index in [0.29, 0.717) is 13.0 Å². The predicted molar refractivity (Wildman–Crippen MR) is 137 cm³/mol. The summed E-state index contributed by atoms with van der Waals surface area (Å²) in [6.07, 6.45) is 25.6. The second kappa shape index (κ2) is 25.7. The maximum absolute atomic E-state index is 11.9. The molecule has 0 fully saturated rings. The zero-order chi connectivity index (χ0) is 22.8. The van der Waals surface area contributed by atoms with E-state index in [0.717, 1.165) is 25.8 Å². The van der Waals surface area contributed by atoms with E-state index in [2.05, 4.69) is 25.7 Å². The van der Waals surface area contributed by atoms with Crippen LogP contribution in [0.2, 0.25) is 0 Å². The Morgan fingerprint density at radius 1 is 0.516 bits per heavy atom. The summed E-state index contributed by atoms with van der Waals surface area (Å²) in [5.41, 5.74) is 0. The van der Waals surface area contributed by atoms with Crippen molar-refractivity contribution in [3.63, 3.8) is 0 Å². The SMILES string of the molecule is CCCCCCCCCCN(CCCCCCCCCC)CCCC(=O)OCCCC. The van der Waals surface area contributed by atoms with E-state index in [1.165, 1.54) is 116 Å². The average molecular weight is 440 g/mol. The smallest absolute Gasteiger partial charge is 0.305 e. The number of nitrogens with zero attached hydrogens (tertiary/aromatic N) is 1. The average Bonchev–Trinajstić information content (AvgIpc) is 2.77. The van der Waals surface area contributed by atoms with Gasteiger partial charge >= 0.3 is 5.97 Å². The minimum absolute atomic E-state index is 0.00689. The van der Waals surface area contributed by atoms with Crippen LogP contribution >= 0.6 is 0 Å². The van der Waals surface area contributed by atoms with Gasteiger partial charge in [-0.3, -0.25) is 4.79 Å². The summed E-state index contributed by atoms with van der Waals surface area (Å²) in [7, 11) is 0. The number of hydrogen-bond acceptors (Lipinski definition) is 3. The fourth-order valence-electron chi connectivity index (χ4n) is 4.12. The van der Waals surface area contributed by atoms with Crippen LogP contribution in [0.15, 0.2) is 0 Å². The van der Waals surface area contributed by atoms with Crippen LogP contribution in [0.25, 0.3) is 0 Å². The predicted octanol–water partition coefficient (Wildman–Crippen LogP) is 8.69. The molecule has 0 aliphatic heterocycles. The maximum Gasteiger partial charge on any atom is 0.305 e. The van der Waals surface area contributed by atoms with Gasteiger partial charge in [0.25, 0.3) is 0 Å². The molecule has 31 heavy (non-hydrogen) atoms. The van der Waals surface area contributed by atoms with Gasteiger partial charge in [0.2, 0.25) is 0 Å². The van der Waals surface area contributed by atoms with Crippen LogP contribution in [0.4, 0.5) is 0 Å². The number of hydrogen-bond donors (Lipinski definition) is 0. The molecule has 0 saturated heterocycles. The van der Waals surface area contributed by atoms with Crippen LogP contribution in [-0.4, -0.2) is 37.1 Å². The quantitative estimate of drug-likeness (QED) is 0.105. The first kappa shape index (κ1) is 30.4. The third kappa shape index (κ3) is 23.9. The summed E-state index contributed by atoms with van der Waals surface area (Å²) in [6, 6.07) is 0. The van der Waals surface area contributed by atoms with Crippen molar-refractivity contribution in [2.45, 2.75) is 149 Å². The number of carbonyl (C=O) groups is 1. The van der Waals surface area contributed by atoms with Gasteiger partial charge in [0, 0.05) is 6.42 Å². The van der Waals surface area contributed by atoms with E-state index in [1.54, 1.807) is 0 Å². The summed E-state index contributed by atoms with van der Waals surface area (Å²) in [4.78, 5) is 14.5. The third-order valence-corrected chi connectivity index (χ3v) is 6.27. The van der Waals surface area contributed by atoms with Crippen molar-refractivity contribution in [2.75, 3.05) is 26.2 Å². The van der Waals surface area contributed by atoms with Gasteiger partial charge in [-0.1, -0.05) is 117 Å². The Kier molecular flexibility index (Phi) is 25.2. The van der Waals surface area contributed by atoms with Crippen LogP contribution in [0, 0.1) is 0 Å². The fraction of sp³-hybridized carbons (Fsp3) is 0.964. The molecule has 0 heterocycles. The Bertz CT molecular complexity index is 339. The molecule has 0 amide bonds. The zero-order valence-electron chi connectivity index (χ0n) is 21.7. The number of carbonyl (C=O) groups excluding carboxylic acids is 1. The van der Waals surface area contributed by atoms with E-state index < -0.39 is 0 Å². The molecule has 0 atom stereocenters. The molecule has 0 rings (SSSR count). The number of esters is 1. The van der Waals surface area contributed by atoms with Gasteiger partial charge < -0.3 is 9.64 Å². The van der Waals surface area contributed by atoms with Gasteiger partial charge in [-0.05, 0) is 45.3 Å². The molecule has 0 aromatic carbocycles. The van der Waals surface area contributed by atoms with Crippen LogP contribution in [-0.2, 0) is 9.53 Å². The minimum atomic E-state index is -0.00689. The highest BCUT2D eigenvalue weighted by atomic mass is 16.5. The van der Waals surface area contributed by atoms with Gasteiger partial charge in [-0.2, -0.15) is 0 Å². The van der Waals surface area contributed by atoms with E-state index in [1.807, 2.05) is 0 Å². The van der Waals surface area contributed by atoms with Crippen LogP contribution in [0.3, 0.4) is 0 Å². The summed E-state index contributed by atoms with van der Waals surface area (Å²) in [6.45, 7) is 10.7. The van der Waals surface area contributed by atoms with Gasteiger partial charge in [-0.25, -0.2) is 0 Å². The third-order valence-electron chi connectivity index (χ3n) is 6.27. The molecule has 3 nitrogen and oxygen atoms in total. The number of ether oxygens (including phenoxy) is 1. The largest absolute Gasteiger partial charge is 0.466 e. The summed E-state index contributed by atoms with van der Waals surface area (Å²) in [5.74, 6) is -0.00689. The lowest BCUT2D eigenvalue weighted by Gasteiger charge is -2.22. The summed E-state index contributed by atoms with van der Waals surface area (Å²) < 4.78 is 5.31. The molecule has 0 saturated carbocycles. The van der Waals surface area contributed by atoms with Gasteiger partial charge in [-0.15, -0.1) is 0 Å². The van der Waals surface area contributed by atoms with E-state index >= 15 is 0 Å². The molecule has 186 valence electrons. The number of unbranched alkanes of at least 4 members (excludes halogenated alkanes) is 15. The molecule has 0 radical (unpaired) electrons. The Morgan fingerprint density at radius 3 is 1.35 bits per heavy atom. The molecule has 0 unspecified atom stereocenters. The van der Waals surface area contributed by atoms with Crippen LogP contribution in [0.5, 0.6) is 0 Å². The first-order valence-electron chi connectivity index (χ1n) is 14.1. The standard InChI is InChI=1S/C28H57NO2/c1-4-7-10-12-14-16-18-20-24-29(25-21-19-17-15-13-11-8-5-2)26-22-23-28(30)31-27-9-6-3/h4-27H2,1-3H3. The second-order valence-corrected chi connectivity index (χ2v) is 9.47. The van der Waals surface area contributed by atoms with Gasteiger partial charge in [0.15, 0.2) is 0 Å². The Hall–Kier alpha value is -0.570. The van der Waals surface area contributed by atoms with Crippen molar-refractivity contribution in [1.82, 2.24) is 4.90 Å². The van der Waals surface area contributed by atoms with Gasteiger partial charge in [0.1, 0.15) is 0 Å². The van der Waals surface area contributed by atoms with Crippen molar-refractivity contribution in [3.05, 3.63) is 0 Å². The highest BCUT2D eigenvalue weighted by Gasteiger charge is 2.08. The molecule has 0 aromatic rings. The van der Waals surface area contributed by atoms with Crippen LogP contribution in [0.1, 0.15) is 149 Å². The molecular weight excluding hydrogens is 382 g/mol. The van der Waals surface area contributed by atoms with Crippen molar-refractivity contribution >= 4 is 5.97 Å². The summed E-state index contributed by atoms with van der Waals surface area (Å²) >= 11 is 0. The Morgan fingerprint density at radius 2 is 0.903 bits per heavy atom. The molecule has 0 bridgehead atoms. The highest BCUT2D eigenvalue weighted by Crippen LogP contribution is 2.12. The monoisotopic (exact) mass is 439 g/mol. The van der Waals surface area contributed by atoms with E-state index in [9.17, 15) is 4.79 Å². The van der Waals surface area contributed by atoms with Crippen molar-refractivity contribution < 1.29 is 9.53 Å². The fourth-order valence-corrected chi connectivity index (χ4v) is 4.12. The topological polar surface area (TPSA) is 29.5 Å². The molecule has 0 aliphatic carbocycles. The normalized spacial score (nSPS) is 11.4. The number of rotatable bonds is 25. The molecule has 0 aromatic heterocycles. The van der Waals surface area contributed by atoms with Crippen molar-refractivity contribution in [1.29, 1.82) is 0 Å². The first-order chi connectivity index (χ1) is 15.2. The first-order valence-corrected chi connectivity index (χ1v) is 14.1. The minimum Gasteiger partial charge on any atom is -0.466 e. The molecular formula is C28H57NO2. The maximum atomic E-state index is 11.9. The lowest BCUT2D eigenvalue weighted by Crippen LogP contribution is -2.28. The molecule has 0 N–H and O–H groups in total. The summed E-state index contributed by atoms with van der Waals surface area (Å²) in [5, 5.41) is 0. The Labute approximate surface area is 196 Å². The second-order valence-electron chi connectivity index (χ2n) is 9.47. The zero-order valence-corrected chi connectivity index (χ0v) is 21.7. The molecule has 0 spiro atoms. The highest BCUT2D eigenvalue weighted by molar-refractivity contribution is 5.69. The van der Waals surface area contributed by atoms with Crippen LogP contribution < -0.4 is 0 Å². The lowest BCUT2D eigenvalue weighted by molar-refractivity contribution is -0.143. The van der Waals surface area contributed by atoms with Crippen molar-refractivity contribution in [3.8, 4) is 0 Å². The molecule has 0 aliphatic rings. The Balaban J connectivity index is 3.96. The van der Waals surface area contributed by atoms with Gasteiger partial charge in [0.05, 0.1) is 6.61 Å². The van der Waals surface area contributed by atoms with E-state index in [4.69, 9.17) is 4.74 Å². The van der Waals surface area contributed by atoms with Crippen molar-refractivity contribution in [2.24, 2.45) is 0 Å². The van der Waals surface area contributed by atoms with E-state index in [-0.39, 0.29) is 5.97 Å². The lowest BCUT2D eigenvalue weighted by atomic mass is 10.1. The molecule has 3 heteroatoms.